The van der Waals surface area contributed by atoms with E-state index in [1.807, 2.05) is 92.8 Å². The van der Waals surface area contributed by atoms with Crippen molar-refractivity contribution in [2.75, 3.05) is 11.9 Å². The van der Waals surface area contributed by atoms with E-state index in [9.17, 15) is 9.59 Å². The number of ether oxygens (including phenoxy) is 1. The molecule has 166 valence electrons. The third-order valence-electron chi connectivity index (χ3n) is 6.42. The summed E-state index contributed by atoms with van der Waals surface area (Å²) in [5, 5.41) is 0. The predicted octanol–water partition coefficient (Wildman–Crippen LogP) is 4.78. The van der Waals surface area contributed by atoms with Crippen molar-refractivity contribution in [3.8, 4) is 17.2 Å². The summed E-state index contributed by atoms with van der Waals surface area (Å²) in [4.78, 5) is 28.4. The number of carbonyl (C=O) groups is 1. The Bertz CT molecular complexity index is 1360. The van der Waals surface area contributed by atoms with E-state index >= 15 is 0 Å². The van der Waals surface area contributed by atoms with E-state index in [1.165, 1.54) is 4.90 Å². The molecule has 0 radical (unpaired) electrons. The summed E-state index contributed by atoms with van der Waals surface area (Å²) in [7, 11) is 3.51. The number of aromatic nitrogens is 2. The molecule has 3 aromatic carbocycles. The molecule has 1 amide bonds. The van der Waals surface area contributed by atoms with Gasteiger partial charge in [0.25, 0.3) is 5.56 Å². The predicted molar refractivity (Wildman–Crippen MR) is 129 cm³/mol. The Morgan fingerprint density at radius 2 is 1.45 bits per heavy atom. The number of anilines is 1. The Kier molecular flexibility index (Phi) is 5.13. The first-order chi connectivity index (χ1) is 16.0. The van der Waals surface area contributed by atoms with Gasteiger partial charge in [0.1, 0.15) is 17.2 Å². The van der Waals surface area contributed by atoms with Crippen LogP contribution in [-0.4, -0.2) is 22.3 Å². The molecule has 0 N–H and O–H groups in total. The van der Waals surface area contributed by atoms with Gasteiger partial charge in [-0.05, 0) is 31.2 Å². The zero-order chi connectivity index (χ0) is 23.1. The Morgan fingerprint density at radius 3 is 2.06 bits per heavy atom. The second-order valence-corrected chi connectivity index (χ2v) is 8.30. The van der Waals surface area contributed by atoms with Crippen LogP contribution in [-0.2, 0) is 11.8 Å². The maximum absolute atomic E-state index is 13.5. The fourth-order valence-electron chi connectivity index (χ4n) is 4.61. The summed E-state index contributed by atoms with van der Waals surface area (Å²) < 4.78 is 9.44. The van der Waals surface area contributed by atoms with Gasteiger partial charge in [-0.3, -0.25) is 14.3 Å². The fourth-order valence-corrected chi connectivity index (χ4v) is 4.61. The molecule has 0 aliphatic carbocycles. The number of para-hydroxylation sites is 3. The van der Waals surface area contributed by atoms with Gasteiger partial charge in [-0.25, -0.2) is 4.68 Å². The molecule has 6 nitrogen and oxygen atoms in total. The lowest BCUT2D eigenvalue weighted by Gasteiger charge is -2.29. The van der Waals surface area contributed by atoms with Crippen molar-refractivity contribution in [1.29, 1.82) is 0 Å². The SMILES string of the molecule is Cc1c(N(C)C(=O)CC2c3ccccc3Oc3ccccc32)c(=O)n(-c2ccccc2)n1C. The Morgan fingerprint density at radius 1 is 0.909 bits per heavy atom. The summed E-state index contributed by atoms with van der Waals surface area (Å²) >= 11 is 0. The lowest BCUT2D eigenvalue weighted by Crippen LogP contribution is -2.33. The second kappa shape index (κ2) is 8.13. The molecule has 2 heterocycles. The van der Waals surface area contributed by atoms with Gasteiger partial charge in [-0.1, -0.05) is 54.6 Å². The first kappa shape index (κ1) is 20.8. The number of hydrogen-bond donors (Lipinski definition) is 0. The molecule has 6 heteroatoms. The molecule has 1 aliphatic rings. The molecule has 0 saturated heterocycles. The lowest BCUT2D eigenvalue weighted by molar-refractivity contribution is -0.118. The number of hydrogen-bond acceptors (Lipinski definition) is 3. The van der Waals surface area contributed by atoms with E-state index in [-0.39, 0.29) is 23.8 Å². The highest BCUT2D eigenvalue weighted by molar-refractivity contribution is 5.94. The maximum atomic E-state index is 13.5. The van der Waals surface area contributed by atoms with Crippen LogP contribution in [0.5, 0.6) is 11.5 Å². The molecule has 1 aliphatic heterocycles. The van der Waals surface area contributed by atoms with Crippen molar-refractivity contribution < 1.29 is 9.53 Å². The molecule has 0 unspecified atom stereocenters. The largest absolute Gasteiger partial charge is 0.457 e. The van der Waals surface area contributed by atoms with Gasteiger partial charge >= 0.3 is 0 Å². The molecule has 5 rings (SSSR count). The van der Waals surface area contributed by atoms with Gasteiger partial charge in [0.15, 0.2) is 0 Å². The first-order valence-corrected chi connectivity index (χ1v) is 10.9. The van der Waals surface area contributed by atoms with Gasteiger partial charge in [-0.2, -0.15) is 0 Å². The molecule has 0 bridgehead atoms. The van der Waals surface area contributed by atoms with E-state index in [0.29, 0.717) is 5.69 Å². The number of amides is 1. The number of carbonyl (C=O) groups excluding carboxylic acids is 1. The van der Waals surface area contributed by atoms with Crippen LogP contribution in [0.4, 0.5) is 5.69 Å². The van der Waals surface area contributed by atoms with E-state index < -0.39 is 0 Å². The van der Waals surface area contributed by atoms with Gasteiger partial charge in [0.05, 0.1) is 11.4 Å². The molecule has 0 spiro atoms. The summed E-state index contributed by atoms with van der Waals surface area (Å²) in [6.45, 7) is 1.86. The van der Waals surface area contributed by atoms with Crippen molar-refractivity contribution >= 4 is 11.6 Å². The van der Waals surface area contributed by atoms with Crippen molar-refractivity contribution in [3.05, 3.63) is 106 Å². The summed E-state index contributed by atoms with van der Waals surface area (Å²) in [5.41, 5.74) is 3.61. The summed E-state index contributed by atoms with van der Waals surface area (Å²) in [6, 6.07) is 25.0. The average molecular weight is 440 g/mol. The van der Waals surface area contributed by atoms with Crippen molar-refractivity contribution in [2.45, 2.75) is 19.3 Å². The van der Waals surface area contributed by atoms with Crippen LogP contribution in [0.15, 0.2) is 83.7 Å². The average Bonchev–Trinajstić information content (AvgIpc) is 3.06. The van der Waals surface area contributed by atoms with Crippen LogP contribution >= 0.6 is 0 Å². The normalized spacial score (nSPS) is 12.6. The van der Waals surface area contributed by atoms with Crippen LogP contribution in [0.2, 0.25) is 0 Å². The Labute approximate surface area is 192 Å². The highest BCUT2D eigenvalue weighted by atomic mass is 16.5. The van der Waals surface area contributed by atoms with Gasteiger partial charge in [0, 0.05) is 37.6 Å². The number of nitrogens with zero attached hydrogens (tertiary/aromatic N) is 3. The molecular weight excluding hydrogens is 414 g/mol. The van der Waals surface area contributed by atoms with Gasteiger partial charge < -0.3 is 9.64 Å². The third-order valence-corrected chi connectivity index (χ3v) is 6.42. The fraction of sp³-hybridized carbons (Fsp3) is 0.185. The van der Waals surface area contributed by atoms with Crippen molar-refractivity contribution in [3.63, 3.8) is 0 Å². The highest BCUT2D eigenvalue weighted by Gasteiger charge is 2.31. The molecule has 4 aromatic rings. The molecule has 0 fully saturated rings. The van der Waals surface area contributed by atoms with Crippen LogP contribution < -0.4 is 15.2 Å². The van der Waals surface area contributed by atoms with Crippen LogP contribution in [0.3, 0.4) is 0 Å². The minimum atomic E-state index is -0.218. The topological polar surface area (TPSA) is 56.5 Å². The zero-order valence-corrected chi connectivity index (χ0v) is 18.9. The van der Waals surface area contributed by atoms with E-state index in [2.05, 4.69) is 0 Å². The van der Waals surface area contributed by atoms with Crippen LogP contribution in [0.1, 0.15) is 29.2 Å². The second-order valence-electron chi connectivity index (χ2n) is 8.30. The third kappa shape index (κ3) is 3.44. The molecule has 0 atom stereocenters. The van der Waals surface area contributed by atoms with Crippen LogP contribution in [0, 0.1) is 6.92 Å². The first-order valence-electron chi connectivity index (χ1n) is 10.9. The molecular formula is C27H25N3O3. The molecule has 0 saturated carbocycles. The standard InChI is InChI=1S/C27H25N3O3/c1-18-26(27(32)30(29(18)3)19-11-5-4-6-12-19)28(2)25(31)17-22-20-13-7-9-15-23(20)33-24-16-10-8-14-21(22)24/h4-16,22H,17H2,1-3H3. The Hall–Kier alpha value is -4.06. The monoisotopic (exact) mass is 439 g/mol. The minimum Gasteiger partial charge on any atom is -0.457 e. The van der Waals surface area contributed by atoms with E-state index in [1.54, 1.807) is 16.4 Å². The zero-order valence-electron chi connectivity index (χ0n) is 18.9. The molecule has 1 aromatic heterocycles. The smallest absolute Gasteiger partial charge is 0.295 e. The number of rotatable bonds is 4. The van der Waals surface area contributed by atoms with E-state index in [4.69, 9.17) is 4.74 Å². The number of benzene rings is 3. The van der Waals surface area contributed by atoms with E-state index in [0.717, 1.165) is 34.0 Å². The quantitative estimate of drug-likeness (QED) is 0.460. The number of fused-ring (bicyclic) bond motifs is 2. The van der Waals surface area contributed by atoms with Gasteiger partial charge in [0.2, 0.25) is 5.91 Å². The van der Waals surface area contributed by atoms with Gasteiger partial charge in [-0.15, -0.1) is 0 Å². The molecule has 33 heavy (non-hydrogen) atoms. The highest BCUT2D eigenvalue weighted by Crippen LogP contribution is 2.45. The Balaban J connectivity index is 1.51. The lowest BCUT2D eigenvalue weighted by atomic mass is 9.85. The summed E-state index contributed by atoms with van der Waals surface area (Å²) in [6.07, 6.45) is 0.229. The van der Waals surface area contributed by atoms with Crippen molar-refractivity contribution in [1.82, 2.24) is 9.36 Å². The maximum Gasteiger partial charge on any atom is 0.295 e. The minimum absolute atomic E-state index is 0.127. The van der Waals surface area contributed by atoms with Crippen LogP contribution in [0.25, 0.3) is 5.69 Å². The summed E-state index contributed by atoms with van der Waals surface area (Å²) in [5.74, 6) is 1.25. The van der Waals surface area contributed by atoms with Crippen molar-refractivity contribution in [2.24, 2.45) is 7.05 Å².